The zero-order chi connectivity index (χ0) is 15.7. The van der Waals surface area contributed by atoms with E-state index >= 15 is 0 Å². The van der Waals surface area contributed by atoms with E-state index in [1.54, 1.807) is 0 Å². The van der Waals surface area contributed by atoms with Gasteiger partial charge in [-0.1, -0.05) is 29.3 Å². The summed E-state index contributed by atoms with van der Waals surface area (Å²) < 4.78 is 0. The van der Waals surface area contributed by atoms with Gasteiger partial charge in [0.2, 0.25) is 0 Å². The highest BCUT2D eigenvalue weighted by Gasteiger charge is 2.22. The smallest absolute Gasteiger partial charge is 0.272 e. The number of aromatic amines is 1. The first-order valence-electron chi connectivity index (χ1n) is 7.70. The number of rotatable bonds is 3. The number of aromatic nitrogens is 2. The predicted molar refractivity (Wildman–Crippen MR) is 85.8 cm³/mol. The van der Waals surface area contributed by atoms with Crippen molar-refractivity contribution < 1.29 is 4.79 Å². The van der Waals surface area contributed by atoms with Gasteiger partial charge >= 0.3 is 0 Å². The Morgan fingerprint density at radius 3 is 2.73 bits per heavy atom. The van der Waals surface area contributed by atoms with E-state index in [2.05, 4.69) is 52.9 Å². The molecule has 1 aromatic carbocycles. The molecule has 22 heavy (non-hydrogen) atoms. The van der Waals surface area contributed by atoms with Gasteiger partial charge in [0.05, 0.1) is 6.04 Å². The Labute approximate surface area is 130 Å². The molecule has 0 aliphatic carbocycles. The molecule has 0 spiro atoms. The van der Waals surface area contributed by atoms with Crippen molar-refractivity contribution in [2.24, 2.45) is 0 Å². The average molecular weight is 298 g/mol. The Morgan fingerprint density at radius 2 is 2.00 bits per heavy atom. The molecular weight excluding hydrogens is 276 g/mol. The Bertz CT molecular complexity index is 684. The van der Waals surface area contributed by atoms with Gasteiger partial charge in [-0.25, -0.2) is 0 Å². The number of fused-ring (bicyclic) bond motifs is 1. The van der Waals surface area contributed by atoms with Gasteiger partial charge in [-0.15, -0.1) is 0 Å². The first-order chi connectivity index (χ1) is 10.5. The molecule has 1 aliphatic rings. The number of H-pyrrole nitrogens is 1. The second-order valence-electron chi connectivity index (χ2n) is 6.07. The van der Waals surface area contributed by atoms with Gasteiger partial charge in [0.1, 0.15) is 0 Å². The van der Waals surface area contributed by atoms with Crippen molar-refractivity contribution in [2.75, 3.05) is 6.54 Å². The van der Waals surface area contributed by atoms with E-state index in [0.717, 1.165) is 29.8 Å². The predicted octanol–water partition coefficient (Wildman–Crippen LogP) is 2.16. The summed E-state index contributed by atoms with van der Waals surface area (Å²) in [4.78, 5) is 12.5. The van der Waals surface area contributed by atoms with Crippen LogP contribution in [0, 0.1) is 13.8 Å². The molecule has 2 heterocycles. The minimum atomic E-state index is -0.118. The average Bonchev–Trinajstić information content (AvgIpc) is 2.90. The molecule has 1 unspecified atom stereocenters. The molecule has 2 aromatic rings. The van der Waals surface area contributed by atoms with E-state index in [1.165, 1.54) is 11.1 Å². The third-order valence-electron chi connectivity index (χ3n) is 4.11. The van der Waals surface area contributed by atoms with Crippen LogP contribution in [0.15, 0.2) is 18.2 Å². The van der Waals surface area contributed by atoms with Crippen molar-refractivity contribution in [2.45, 2.75) is 39.8 Å². The molecule has 1 aromatic heterocycles. The SMILES string of the molecule is Cc1cc(C)cc(C(C)NC(=O)c2n[nH]c3c2CNCC3)c1. The molecule has 1 amide bonds. The fraction of sp³-hybridized carbons (Fsp3) is 0.412. The fourth-order valence-electron chi connectivity index (χ4n) is 3.02. The summed E-state index contributed by atoms with van der Waals surface area (Å²) in [7, 11) is 0. The Morgan fingerprint density at radius 1 is 1.27 bits per heavy atom. The standard InChI is InChI=1S/C17H22N4O/c1-10-6-11(2)8-13(7-10)12(3)19-17(22)16-14-9-18-5-4-15(14)20-21-16/h6-8,12,18H,4-5,9H2,1-3H3,(H,19,22)(H,20,21). The Balaban J connectivity index is 1.77. The van der Waals surface area contributed by atoms with Gasteiger partial charge in [-0.3, -0.25) is 9.89 Å². The number of carbonyl (C=O) groups excluding carboxylic acids is 1. The van der Waals surface area contributed by atoms with Crippen molar-refractivity contribution in [1.29, 1.82) is 0 Å². The van der Waals surface area contributed by atoms with Crippen LogP contribution in [0.1, 0.15) is 51.4 Å². The highest BCUT2D eigenvalue weighted by Crippen LogP contribution is 2.19. The first-order valence-corrected chi connectivity index (χ1v) is 7.70. The normalized spacial score (nSPS) is 15.2. The van der Waals surface area contributed by atoms with Crippen molar-refractivity contribution in [3.05, 3.63) is 51.8 Å². The molecule has 5 heteroatoms. The summed E-state index contributed by atoms with van der Waals surface area (Å²) in [5, 5.41) is 13.5. The van der Waals surface area contributed by atoms with E-state index in [9.17, 15) is 4.79 Å². The maximum atomic E-state index is 12.5. The number of hydrogen-bond acceptors (Lipinski definition) is 3. The summed E-state index contributed by atoms with van der Waals surface area (Å²) in [6.07, 6.45) is 0.891. The zero-order valence-corrected chi connectivity index (χ0v) is 13.3. The maximum Gasteiger partial charge on any atom is 0.272 e. The Hall–Kier alpha value is -2.14. The van der Waals surface area contributed by atoms with Gasteiger partial charge in [0.25, 0.3) is 5.91 Å². The van der Waals surface area contributed by atoms with Crippen LogP contribution >= 0.6 is 0 Å². The number of benzene rings is 1. The van der Waals surface area contributed by atoms with E-state index < -0.39 is 0 Å². The lowest BCUT2D eigenvalue weighted by Gasteiger charge is -2.17. The van der Waals surface area contributed by atoms with Crippen LogP contribution < -0.4 is 10.6 Å². The molecule has 0 saturated heterocycles. The fourth-order valence-corrected chi connectivity index (χ4v) is 3.02. The van der Waals surface area contributed by atoms with Crippen LogP contribution in [0.25, 0.3) is 0 Å². The molecule has 1 atom stereocenters. The quantitative estimate of drug-likeness (QED) is 0.813. The van der Waals surface area contributed by atoms with Gasteiger partial charge < -0.3 is 10.6 Å². The lowest BCUT2D eigenvalue weighted by atomic mass is 10.0. The summed E-state index contributed by atoms with van der Waals surface area (Å²) in [6, 6.07) is 6.31. The van der Waals surface area contributed by atoms with Crippen LogP contribution in [0.5, 0.6) is 0 Å². The number of nitrogens with one attached hydrogen (secondary N) is 3. The first kappa shape index (κ1) is 14.8. The number of amides is 1. The minimum Gasteiger partial charge on any atom is -0.344 e. The molecule has 3 N–H and O–H groups in total. The van der Waals surface area contributed by atoms with Crippen molar-refractivity contribution in [3.63, 3.8) is 0 Å². The van der Waals surface area contributed by atoms with E-state index in [4.69, 9.17) is 0 Å². The third kappa shape index (κ3) is 2.90. The summed E-state index contributed by atoms with van der Waals surface area (Å²) in [5.41, 5.74) is 6.11. The number of nitrogens with zero attached hydrogens (tertiary/aromatic N) is 1. The summed E-state index contributed by atoms with van der Waals surface area (Å²) in [5.74, 6) is -0.118. The van der Waals surface area contributed by atoms with Crippen LogP contribution in [0.2, 0.25) is 0 Å². The molecule has 0 fully saturated rings. The topological polar surface area (TPSA) is 69.8 Å². The minimum absolute atomic E-state index is 0.0463. The highest BCUT2D eigenvalue weighted by atomic mass is 16.2. The maximum absolute atomic E-state index is 12.5. The van der Waals surface area contributed by atoms with E-state index in [0.29, 0.717) is 12.2 Å². The monoisotopic (exact) mass is 298 g/mol. The van der Waals surface area contributed by atoms with E-state index in [-0.39, 0.29) is 11.9 Å². The van der Waals surface area contributed by atoms with Crippen molar-refractivity contribution >= 4 is 5.91 Å². The lowest BCUT2D eigenvalue weighted by molar-refractivity contribution is 0.0933. The van der Waals surface area contributed by atoms with Gasteiger partial charge in [-0.2, -0.15) is 5.10 Å². The van der Waals surface area contributed by atoms with Gasteiger partial charge in [0, 0.05) is 30.8 Å². The zero-order valence-electron chi connectivity index (χ0n) is 13.3. The van der Waals surface area contributed by atoms with Crippen molar-refractivity contribution in [3.8, 4) is 0 Å². The molecular formula is C17H22N4O. The van der Waals surface area contributed by atoms with Crippen LogP contribution in [-0.2, 0) is 13.0 Å². The van der Waals surface area contributed by atoms with Crippen LogP contribution in [-0.4, -0.2) is 22.6 Å². The molecule has 0 saturated carbocycles. The molecule has 1 aliphatic heterocycles. The molecule has 3 rings (SSSR count). The molecule has 5 nitrogen and oxygen atoms in total. The lowest BCUT2D eigenvalue weighted by Crippen LogP contribution is -2.30. The largest absolute Gasteiger partial charge is 0.344 e. The van der Waals surface area contributed by atoms with Crippen molar-refractivity contribution in [1.82, 2.24) is 20.8 Å². The third-order valence-corrected chi connectivity index (χ3v) is 4.11. The Kier molecular flexibility index (Phi) is 3.98. The second kappa shape index (κ2) is 5.93. The molecule has 116 valence electrons. The summed E-state index contributed by atoms with van der Waals surface area (Å²) in [6.45, 7) is 7.77. The summed E-state index contributed by atoms with van der Waals surface area (Å²) >= 11 is 0. The molecule has 0 radical (unpaired) electrons. The second-order valence-corrected chi connectivity index (χ2v) is 6.07. The highest BCUT2D eigenvalue weighted by molar-refractivity contribution is 5.94. The van der Waals surface area contributed by atoms with Crippen LogP contribution in [0.4, 0.5) is 0 Å². The molecule has 0 bridgehead atoms. The number of aryl methyl sites for hydroxylation is 2. The van der Waals surface area contributed by atoms with Gasteiger partial charge in [-0.05, 0) is 26.3 Å². The number of carbonyl (C=O) groups is 1. The van der Waals surface area contributed by atoms with Crippen LogP contribution in [0.3, 0.4) is 0 Å². The van der Waals surface area contributed by atoms with Gasteiger partial charge in [0.15, 0.2) is 5.69 Å². The number of hydrogen-bond donors (Lipinski definition) is 3. The van der Waals surface area contributed by atoms with E-state index in [1.807, 2.05) is 6.92 Å².